The van der Waals surface area contributed by atoms with Gasteiger partial charge < -0.3 is 15.0 Å². The number of nitrogens with zero attached hydrogens (tertiary/aromatic N) is 2. The van der Waals surface area contributed by atoms with Crippen LogP contribution in [0.2, 0.25) is 10.0 Å². The highest BCUT2D eigenvalue weighted by Crippen LogP contribution is 2.32. The quantitative estimate of drug-likeness (QED) is 0.348. The summed E-state index contributed by atoms with van der Waals surface area (Å²) in [6.45, 7) is 5.47. The number of carbonyl (C=O) groups excluding carboxylic acids is 2. The first kappa shape index (κ1) is 30.7. The summed E-state index contributed by atoms with van der Waals surface area (Å²) < 4.78 is 32.1. The van der Waals surface area contributed by atoms with Gasteiger partial charge in [-0.2, -0.15) is 0 Å². The second-order valence-corrected chi connectivity index (χ2v) is 11.5. The van der Waals surface area contributed by atoms with Crippen LogP contribution in [0.1, 0.15) is 44.2 Å². The topological polar surface area (TPSA) is 96.0 Å². The zero-order valence-electron chi connectivity index (χ0n) is 21.9. The maximum absolute atomic E-state index is 13.8. The van der Waals surface area contributed by atoms with Crippen LogP contribution >= 0.6 is 23.2 Å². The van der Waals surface area contributed by atoms with E-state index in [9.17, 15) is 18.0 Å². The Morgan fingerprint density at radius 2 is 1.76 bits per heavy atom. The van der Waals surface area contributed by atoms with Crippen molar-refractivity contribution in [2.75, 3.05) is 30.8 Å². The van der Waals surface area contributed by atoms with E-state index in [0.717, 1.165) is 29.0 Å². The van der Waals surface area contributed by atoms with Crippen molar-refractivity contribution in [2.45, 2.75) is 52.6 Å². The molecule has 0 fully saturated rings. The molecule has 0 saturated heterocycles. The molecule has 8 nitrogen and oxygen atoms in total. The second-order valence-electron chi connectivity index (χ2n) is 8.74. The Balaban J connectivity index is 2.53. The number of unbranched alkanes of at least 4 members (excludes halogenated alkanes) is 1. The molecule has 2 amide bonds. The normalized spacial score (nSPS) is 12.1. The Bertz CT molecular complexity index is 1190. The minimum atomic E-state index is -3.90. The highest BCUT2D eigenvalue weighted by Gasteiger charge is 2.33. The number of hydrogen-bond donors (Lipinski definition) is 1. The van der Waals surface area contributed by atoms with Gasteiger partial charge in [0.05, 0.1) is 19.1 Å². The summed E-state index contributed by atoms with van der Waals surface area (Å²) in [6, 6.07) is 9.18. The number of ether oxygens (including phenoxy) is 1. The number of aryl methyl sites for hydroxylation is 1. The molecule has 0 aromatic heterocycles. The predicted molar refractivity (Wildman–Crippen MR) is 149 cm³/mol. The van der Waals surface area contributed by atoms with E-state index in [1.807, 2.05) is 13.8 Å². The smallest absolute Gasteiger partial charge is 0.244 e. The molecule has 37 heavy (non-hydrogen) atoms. The monoisotopic (exact) mass is 571 g/mol. The molecule has 2 aromatic carbocycles. The van der Waals surface area contributed by atoms with Gasteiger partial charge in [-0.25, -0.2) is 8.42 Å². The highest BCUT2D eigenvalue weighted by molar-refractivity contribution is 7.92. The molecule has 11 heteroatoms. The van der Waals surface area contributed by atoms with E-state index >= 15 is 0 Å². The number of methoxy groups -OCH3 is 1. The lowest BCUT2D eigenvalue weighted by Crippen LogP contribution is -2.52. The lowest BCUT2D eigenvalue weighted by atomic mass is 10.1. The molecule has 0 saturated carbocycles. The molecule has 0 radical (unpaired) electrons. The van der Waals surface area contributed by atoms with Gasteiger partial charge in [-0.05, 0) is 49.6 Å². The largest absolute Gasteiger partial charge is 0.495 e. The summed E-state index contributed by atoms with van der Waals surface area (Å²) in [5.74, 6) is -0.608. The number of nitrogens with one attached hydrogen (secondary N) is 1. The third-order valence-corrected chi connectivity index (χ3v) is 7.72. The summed E-state index contributed by atoms with van der Waals surface area (Å²) in [5, 5.41) is 3.55. The zero-order valence-corrected chi connectivity index (χ0v) is 24.2. The highest BCUT2D eigenvalue weighted by atomic mass is 35.5. The average molecular weight is 573 g/mol. The van der Waals surface area contributed by atoms with Crippen LogP contribution in [0.5, 0.6) is 5.75 Å². The van der Waals surface area contributed by atoms with Crippen LogP contribution in [0.4, 0.5) is 5.69 Å². The average Bonchev–Trinajstić information content (AvgIpc) is 2.83. The number of sulfonamides is 1. The molecule has 1 N–H and O–H groups in total. The Hall–Kier alpha value is -2.49. The first-order valence-electron chi connectivity index (χ1n) is 12.1. The number of halogens is 2. The molecule has 1 atom stereocenters. The van der Waals surface area contributed by atoms with Crippen LogP contribution in [-0.4, -0.2) is 57.6 Å². The molecule has 0 aliphatic rings. The number of carbonyl (C=O) groups is 2. The molecule has 204 valence electrons. The fourth-order valence-corrected chi connectivity index (χ4v) is 5.23. The second kappa shape index (κ2) is 13.9. The minimum Gasteiger partial charge on any atom is -0.495 e. The van der Waals surface area contributed by atoms with Gasteiger partial charge in [0.25, 0.3) is 0 Å². The SMILES string of the molecule is CCCCNC(=O)[C@@H](CC)N(Cc1c(Cl)cccc1Cl)C(=O)CN(c1cc(C)ccc1OC)S(C)(=O)=O. The van der Waals surface area contributed by atoms with Crippen molar-refractivity contribution in [3.8, 4) is 5.75 Å². The van der Waals surface area contributed by atoms with Crippen molar-refractivity contribution in [2.24, 2.45) is 0 Å². The van der Waals surface area contributed by atoms with Crippen LogP contribution < -0.4 is 14.4 Å². The maximum atomic E-state index is 13.8. The van der Waals surface area contributed by atoms with E-state index < -0.39 is 28.5 Å². The van der Waals surface area contributed by atoms with Crippen molar-refractivity contribution in [1.29, 1.82) is 0 Å². The lowest BCUT2D eigenvalue weighted by Gasteiger charge is -2.33. The molecule has 0 spiro atoms. The van der Waals surface area contributed by atoms with E-state index in [1.54, 1.807) is 43.3 Å². The Kier molecular flexibility index (Phi) is 11.5. The van der Waals surface area contributed by atoms with Crippen molar-refractivity contribution in [3.63, 3.8) is 0 Å². The summed E-state index contributed by atoms with van der Waals surface area (Å²) in [5.41, 5.74) is 1.49. The molecule has 0 aliphatic heterocycles. The number of benzene rings is 2. The Labute approximate surface area is 229 Å². The van der Waals surface area contributed by atoms with E-state index in [0.29, 0.717) is 34.3 Å². The third kappa shape index (κ3) is 8.25. The summed E-state index contributed by atoms with van der Waals surface area (Å²) in [7, 11) is -2.48. The summed E-state index contributed by atoms with van der Waals surface area (Å²) in [6.07, 6.45) is 3.02. The van der Waals surface area contributed by atoms with Crippen LogP contribution in [0.25, 0.3) is 0 Å². The Morgan fingerprint density at radius 3 is 2.30 bits per heavy atom. The van der Waals surface area contributed by atoms with E-state index in [2.05, 4.69) is 5.32 Å². The van der Waals surface area contributed by atoms with E-state index in [-0.39, 0.29) is 18.1 Å². The first-order valence-corrected chi connectivity index (χ1v) is 14.7. The van der Waals surface area contributed by atoms with Gasteiger partial charge in [-0.1, -0.05) is 55.6 Å². The van der Waals surface area contributed by atoms with Crippen molar-refractivity contribution >= 4 is 50.7 Å². The minimum absolute atomic E-state index is 0.0698. The molecular weight excluding hydrogens is 537 g/mol. The molecule has 2 rings (SSSR count). The van der Waals surface area contributed by atoms with Crippen LogP contribution in [0, 0.1) is 6.92 Å². The number of hydrogen-bond acceptors (Lipinski definition) is 5. The van der Waals surface area contributed by atoms with Gasteiger partial charge in [0.2, 0.25) is 21.8 Å². The Morgan fingerprint density at radius 1 is 1.11 bits per heavy atom. The molecular formula is C26H35Cl2N3O5S. The number of anilines is 1. The van der Waals surface area contributed by atoms with Gasteiger partial charge in [0, 0.05) is 28.7 Å². The maximum Gasteiger partial charge on any atom is 0.244 e. The van der Waals surface area contributed by atoms with Crippen LogP contribution in [0.3, 0.4) is 0 Å². The molecule has 0 bridgehead atoms. The fourth-order valence-electron chi connectivity index (χ4n) is 3.87. The predicted octanol–water partition coefficient (Wildman–Crippen LogP) is 4.80. The van der Waals surface area contributed by atoms with Crippen molar-refractivity contribution in [1.82, 2.24) is 10.2 Å². The van der Waals surface area contributed by atoms with Crippen LogP contribution in [0.15, 0.2) is 36.4 Å². The van der Waals surface area contributed by atoms with Crippen molar-refractivity contribution < 1.29 is 22.7 Å². The molecule has 2 aromatic rings. The zero-order chi connectivity index (χ0) is 27.8. The lowest BCUT2D eigenvalue weighted by molar-refractivity contribution is -0.140. The van der Waals surface area contributed by atoms with Gasteiger partial charge in [-0.3, -0.25) is 13.9 Å². The van der Waals surface area contributed by atoms with E-state index in [1.165, 1.54) is 12.0 Å². The number of rotatable bonds is 13. The standard InChI is InChI=1S/C26H35Cl2N3O5S/c1-6-8-14-29-26(33)22(7-2)30(16-19-20(27)10-9-11-21(19)28)25(32)17-31(37(5,34)35)23-15-18(3)12-13-24(23)36-4/h9-13,15,22H,6-8,14,16-17H2,1-5H3,(H,29,33)/t22-/m1/s1. The molecule has 0 unspecified atom stereocenters. The van der Waals surface area contributed by atoms with Crippen molar-refractivity contribution in [3.05, 3.63) is 57.6 Å². The number of amides is 2. The summed E-state index contributed by atoms with van der Waals surface area (Å²) >= 11 is 12.8. The third-order valence-electron chi connectivity index (χ3n) is 5.89. The first-order chi connectivity index (χ1) is 17.4. The summed E-state index contributed by atoms with van der Waals surface area (Å²) in [4.78, 5) is 28.3. The fraction of sp³-hybridized carbons (Fsp3) is 0.462. The van der Waals surface area contributed by atoms with E-state index in [4.69, 9.17) is 27.9 Å². The van der Waals surface area contributed by atoms with Crippen LogP contribution in [-0.2, 0) is 26.2 Å². The molecule has 0 heterocycles. The van der Waals surface area contributed by atoms with Gasteiger partial charge in [0.1, 0.15) is 18.3 Å². The van der Waals surface area contributed by atoms with Gasteiger partial charge >= 0.3 is 0 Å². The van der Waals surface area contributed by atoms with Gasteiger partial charge in [0.15, 0.2) is 0 Å². The molecule has 0 aliphatic carbocycles. The van der Waals surface area contributed by atoms with Gasteiger partial charge in [-0.15, -0.1) is 0 Å².